The molecule has 0 aliphatic rings. The molecular weight excluding hydrogens is 246 g/mol. The Balaban J connectivity index is 2.28. The van der Waals surface area contributed by atoms with Crippen LogP contribution in [0.3, 0.4) is 0 Å². The zero-order chi connectivity index (χ0) is 13.8. The summed E-state index contributed by atoms with van der Waals surface area (Å²) >= 11 is 0. The van der Waals surface area contributed by atoms with E-state index in [0.29, 0.717) is 0 Å². The minimum atomic E-state index is -0.564. The van der Waals surface area contributed by atoms with Crippen molar-refractivity contribution in [2.75, 3.05) is 0 Å². The SMILES string of the molecule is Cn1nccc1/C=C/C(=O)c1ccccc1[N+](=O)[O-]. The van der Waals surface area contributed by atoms with Crippen LogP contribution in [0.5, 0.6) is 0 Å². The van der Waals surface area contributed by atoms with E-state index in [1.165, 1.54) is 24.3 Å². The molecule has 2 aromatic rings. The fourth-order valence-corrected chi connectivity index (χ4v) is 1.64. The minimum absolute atomic E-state index is 0.0749. The van der Waals surface area contributed by atoms with Gasteiger partial charge in [-0.3, -0.25) is 19.6 Å². The van der Waals surface area contributed by atoms with Gasteiger partial charge in [0.15, 0.2) is 5.78 Å². The van der Waals surface area contributed by atoms with Crippen molar-refractivity contribution in [3.63, 3.8) is 0 Å². The van der Waals surface area contributed by atoms with Crippen LogP contribution < -0.4 is 0 Å². The van der Waals surface area contributed by atoms with Crippen molar-refractivity contribution in [1.82, 2.24) is 9.78 Å². The quantitative estimate of drug-likeness (QED) is 0.364. The van der Waals surface area contributed by atoms with Crippen LogP contribution in [0.4, 0.5) is 5.69 Å². The Bertz CT molecular complexity index is 659. The molecular formula is C13H11N3O3. The average Bonchev–Trinajstić information content (AvgIpc) is 2.81. The smallest absolute Gasteiger partial charge is 0.280 e. The Kier molecular flexibility index (Phi) is 3.51. The standard InChI is InChI=1S/C13H11N3O3/c1-15-10(8-9-14-15)6-7-13(17)11-4-2-3-5-12(11)16(18)19/h2-9H,1H3/b7-6+. The van der Waals surface area contributed by atoms with Crippen LogP contribution in [-0.2, 0) is 7.05 Å². The maximum atomic E-state index is 12.0. The number of allylic oxidation sites excluding steroid dienone is 1. The molecule has 6 nitrogen and oxygen atoms in total. The van der Waals surface area contributed by atoms with Gasteiger partial charge in [0.05, 0.1) is 16.2 Å². The summed E-state index contributed by atoms with van der Waals surface area (Å²) in [4.78, 5) is 22.2. The van der Waals surface area contributed by atoms with Gasteiger partial charge in [0.1, 0.15) is 0 Å². The van der Waals surface area contributed by atoms with Gasteiger partial charge < -0.3 is 0 Å². The predicted octanol–water partition coefficient (Wildman–Crippen LogP) is 2.22. The number of rotatable bonds is 4. The van der Waals surface area contributed by atoms with Gasteiger partial charge in [0, 0.05) is 19.3 Å². The molecule has 0 unspecified atom stereocenters. The first-order chi connectivity index (χ1) is 9.09. The molecule has 0 spiro atoms. The first-order valence-corrected chi connectivity index (χ1v) is 5.53. The van der Waals surface area contributed by atoms with Crippen molar-refractivity contribution in [2.24, 2.45) is 7.05 Å². The van der Waals surface area contributed by atoms with Gasteiger partial charge in [-0.2, -0.15) is 5.10 Å². The van der Waals surface area contributed by atoms with Crippen molar-refractivity contribution in [2.45, 2.75) is 0 Å². The highest BCUT2D eigenvalue weighted by Crippen LogP contribution is 2.18. The molecule has 0 N–H and O–H groups in total. The number of para-hydroxylation sites is 1. The fourth-order valence-electron chi connectivity index (χ4n) is 1.64. The number of aryl methyl sites for hydroxylation is 1. The minimum Gasteiger partial charge on any atom is -0.289 e. The number of carbonyl (C=O) groups excluding carboxylic acids is 1. The Labute approximate surface area is 109 Å². The molecule has 1 heterocycles. The fraction of sp³-hybridized carbons (Fsp3) is 0.0769. The molecule has 0 fully saturated rings. The van der Waals surface area contributed by atoms with Crippen LogP contribution in [0.15, 0.2) is 42.6 Å². The molecule has 0 atom stereocenters. The highest BCUT2D eigenvalue weighted by Gasteiger charge is 2.16. The molecule has 0 saturated carbocycles. The number of hydrogen-bond donors (Lipinski definition) is 0. The summed E-state index contributed by atoms with van der Waals surface area (Å²) in [5.41, 5.74) is 0.625. The van der Waals surface area contributed by atoms with Gasteiger partial charge in [-0.25, -0.2) is 0 Å². The summed E-state index contributed by atoms with van der Waals surface area (Å²) < 4.78 is 1.60. The molecule has 0 aliphatic carbocycles. The summed E-state index contributed by atoms with van der Waals surface area (Å²) in [5, 5.41) is 14.8. The number of nitrogens with zero attached hydrogens (tertiary/aromatic N) is 3. The molecule has 96 valence electrons. The van der Waals surface area contributed by atoms with Crippen LogP contribution in [0.25, 0.3) is 6.08 Å². The number of aromatic nitrogens is 2. The number of benzene rings is 1. The number of nitro benzene ring substituents is 1. The van der Waals surface area contributed by atoms with Crippen LogP contribution >= 0.6 is 0 Å². The molecule has 1 aromatic heterocycles. The molecule has 0 bridgehead atoms. The number of ketones is 1. The summed E-state index contributed by atoms with van der Waals surface area (Å²) in [6.07, 6.45) is 4.49. The summed E-state index contributed by atoms with van der Waals surface area (Å²) in [6, 6.07) is 7.61. The molecule has 0 amide bonds. The van der Waals surface area contributed by atoms with Gasteiger partial charge in [-0.1, -0.05) is 12.1 Å². The van der Waals surface area contributed by atoms with E-state index >= 15 is 0 Å². The van der Waals surface area contributed by atoms with Crippen molar-refractivity contribution in [3.8, 4) is 0 Å². The molecule has 2 rings (SSSR count). The van der Waals surface area contributed by atoms with E-state index in [1.807, 2.05) is 0 Å². The first-order valence-electron chi connectivity index (χ1n) is 5.53. The van der Waals surface area contributed by atoms with Gasteiger partial charge in [0.25, 0.3) is 5.69 Å². The summed E-state index contributed by atoms with van der Waals surface area (Å²) in [7, 11) is 1.75. The lowest BCUT2D eigenvalue weighted by Gasteiger charge is -1.98. The third-order valence-electron chi connectivity index (χ3n) is 2.63. The maximum Gasteiger partial charge on any atom is 0.280 e. The van der Waals surface area contributed by atoms with Gasteiger partial charge in [-0.15, -0.1) is 0 Å². The van der Waals surface area contributed by atoms with E-state index in [-0.39, 0.29) is 11.3 Å². The van der Waals surface area contributed by atoms with E-state index in [0.717, 1.165) is 5.69 Å². The second-order valence-corrected chi connectivity index (χ2v) is 3.85. The molecule has 6 heteroatoms. The van der Waals surface area contributed by atoms with Gasteiger partial charge in [0.2, 0.25) is 0 Å². The zero-order valence-electron chi connectivity index (χ0n) is 10.2. The summed E-state index contributed by atoms with van der Waals surface area (Å²) in [6.45, 7) is 0. The van der Waals surface area contributed by atoms with Crippen LogP contribution in [0.1, 0.15) is 16.1 Å². The van der Waals surface area contributed by atoms with Crippen LogP contribution in [0.2, 0.25) is 0 Å². The number of hydrogen-bond acceptors (Lipinski definition) is 4. The van der Waals surface area contributed by atoms with E-state index < -0.39 is 10.7 Å². The number of carbonyl (C=O) groups is 1. The maximum absolute atomic E-state index is 12.0. The molecule has 0 aliphatic heterocycles. The van der Waals surface area contributed by atoms with E-state index in [9.17, 15) is 14.9 Å². The van der Waals surface area contributed by atoms with E-state index in [4.69, 9.17) is 0 Å². The Morgan fingerprint density at radius 3 is 2.74 bits per heavy atom. The van der Waals surface area contributed by atoms with Crippen molar-refractivity contribution in [3.05, 3.63) is 64.0 Å². The van der Waals surface area contributed by atoms with Gasteiger partial charge in [-0.05, 0) is 24.3 Å². The van der Waals surface area contributed by atoms with Crippen LogP contribution in [-0.4, -0.2) is 20.5 Å². The topological polar surface area (TPSA) is 78.0 Å². The molecule has 19 heavy (non-hydrogen) atoms. The predicted molar refractivity (Wildman–Crippen MR) is 69.7 cm³/mol. The monoisotopic (exact) mass is 257 g/mol. The van der Waals surface area contributed by atoms with Gasteiger partial charge >= 0.3 is 0 Å². The third kappa shape index (κ3) is 2.74. The Hall–Kier alpha value is -2.76. The first kappa shape index (κ1) is 12.7. The third-order valence-corrected chi connectivity index (χ3v) is 2.63. The van der Waals surface area contributed by atoms with Crippen molar-refractivity contribution < 1.29 is 9.72 Å². The van der Waals surface area contributed by atoms with Crippen molar-refractivity contribution in [1.29, 1.82) is 0 Å². The van der Waals surface area contributed by atoms with E-state index in [2.05, 4.69) is 5.10 Å². The molecule has 0 radical (unpaired) electrons. The summed E-state index contributed by atoms with van der Waals surface area (Å²) in [5.74, 6) is -0.409. The largest absolute Gasteiger partial charge is 0.289 e. The van der Waals surface area contributed by atoms with E-state index in [1.54, 1.807) is 36.1 Å². The van der Waals surface area contributed by atoms with Crippen LogP contribution in [0, 0.1) is 10.1 Å². The second kappa shape index (κ2) is 5.26. The highest BCUT2D eigenvalue weighted by molar-refractivity contribution is 6.09. The highest BCUT2D eigenvalue weighted by atomic mass is 16.6. The van der Waals surface area contributed by atoms with Crippen molar-refractivity contribution >= 4 is 17.5 Å². The normalized spacial score (nSPS) is 10.8. The lowest BCUT2D eigenvalue weighted by Crippen LogP contribution is -2.01. The second-order valence-electron chi connectivity index (χ2n) is 3.85. The average molecular weight is 257 g/mol. The Morgan fingerprint density at radius 1 is 1.37 bits per heavy atom. The Morgan fingerprint density at radius 2 is 2.11 bits per heavy atom. The number of nitro groups is 1. The molecule has 0 saturated heterocycles. The zero-order valence-corrected chi connectivity index (χ0v) is 10.2. The lowest BCUT2D eigenvalue weighted by atomic mass is 10.1. The molecule has 1 aromatic carbocycles. The lowest BCUT2D eigenvalue weighted by molar-refractivity contribution is -0.385.